The van der Waals surface area contributed by atoms with Crippen LogP contribution in [0.1, 0.15) is 87.0 Å². The number of rotatable bonds is 10. The van der Waals surface area contributed by atoms with Gasteiger partial charge in [0.2, 0.25) is 0 Å². The first-order valence-corrected chi connectivity index (χ1v) is 8.09. The van der Waals surface area contributed by atoms with Gasteiger partial charge in [-0.1, -0.05) is 54.9 Å². The second kappa shape index (κ2) is 8.96. The van der Waals surface area contributed by atoms with Crippen molar-refractivity contribution in [3.63, 3.8) is 0 Å². The van der Waals surface area contributed by atoms with Crippen LogP contribution in [0, 0.1) is 11.8 Å². The zero-order valence-corrected chi connectivity index (χ0v) is 14.0. The van der Waals surface area contributed by atoms with Gasteiger partial charge >= 0.3 is 0 Å². The van der Waals surface area contributed by atoms with Gasteiger partial charge in [0.15, 0.2) is 0 Å². The van der Waals surface area contributed by atoms with Gasteiger partial charge in [0.25, 0.3) is 0 Å². The zero-order chi connectivity index (χ0) is 14.2. The summed E-state index contributed by atoms with van der Waals surface area (Å²) in [5.74, 6) is 1.63. The Bertz CT molecular complexity index is 182. The van der Waals surface area contributed by atoms with Gasteiger partial charge in [-0.2, -0.15) is 0 Å². The smallest absolute Gasteiger partial charge is 0.0184 e. The van der Waals surface area contributed by atoms with Gasteiger partial charge in [0.05, 0.1) is 0 Å². The number of nitrogens with one attached hydrogen (secondary N) is 1. The van der Waals surface area contributed by atoms with Gasteiger partial charge < -0.3 is 5.32 Å². The van der Waals surface area contributed by atoms with Crippen molar-refractivity contribution < 1.29 is 0 Å². The maximum absolute atomic E-state index is 3.90. The van der Waals surface area contributed by atoms with Gasteiger partial charge in [0.1, 0.15) is 0 Å². The Morgan fingerprint density at radius 3 is 1.50 bits per heavy atom. The molecule has 0 atom stereocenters. The first-order chi connectivity index (χ1) is 8.31. The summed E-state index contributed by atoms with van der Waals surface area (Å²) in [4.78, 5) is 0. The molecule has 0 radical (unpaired) electrons. The van der Waals surface area contributed by atoms with E-state index < -0.39 is 0 Å². The molecule has 0 bridgehead atoms. The van der Waals surface area contributed by atoms with Gasteiger partial charge in [-0.05, 0) is 43.9 Å². The lowest BCUT2D eigenvalue weighted by atomic mass is 9.80. The van der Waals surface area contributed by atoms with Gasteiger partial charge in [0, 0.05) is 11.6 Å². The van der Waals surface area contributed by atoms with Gasteiger partial charge in [-0.15, -0.1) is 0 Å². The highest BCUT2D eigenvalue weighted by Gasteiger charge is 2.29. The summed E-state index contributed by atoms with van der Waals surface area (Å²) in [6.45, 7) is 16.3. The summed E-state index contributed by atoms with van der Waals surface area (Å²) in [5, 5.41) is 3.90. The van der Waals surface area contributed by atoms with E-state index in [4.69, 9.17) is 0 Å². The molecule has 0 aliphatic carbocycles. The van der Waals surface area contributed by atoms with E-state index >= 15 is 0 Å². The van der Waals surface area contributed by atoms with Crippen molar-refractivity contribution in [2.24, 2.45) is 11.8 Å². The number of hydrogen-bond acceptors (Lipinski definition) is 1. The summed E-state index contributed by atoms with van der Waals surface area (Å²) in [5.41, 5.74) is 0.386. The molecule has 0 amide bonds. The van der Waals surface area contributed by atoms with E-state index in [2.05, 4.69) is 53.8 Å². The molecule has 0 unspecified atom stereocenters. The highest BCUT2D eigenvalue weighted by atomic mass is 15.0. The van der Waals surface area contributed by atoms with Crippen LogP contribution in [0.2, 0.25) is 0 Å². The lowest BCUT2D eigenvalue weighted by Gasteiger charge is -2.38. The SMILES string of the molecule is CCCC(CCC(C)C)(CCC(C)C)NC(C)C. The van der Waals surface area contributed by atoms with Crippen molar-refractivity contribution in [1.29, 1.82) is 0 Å². The summed E-state index contributed by atoms with van der Waals surface area (Å²) in [7, 11) is 0. The monoisotopic (exact) mass is 255 g/mol. The summed E-state index contributed by atoms with van der Waals surface area (Å²) in [6.07, 6.45) is 7.98. The molecule has 0 aliphatic heterocycles. The molecule has 0 aromatic heterocycles. The van der Waals surface area contributed by atoms with Crippen LogP contribution in [0.3, 0.4) is 0 Å². The minimum absolute atomic E-state index is 0.386. The first-order valence-electron chi connectivity index (χ1n) is 8.09. The quantitative estimate of drug-likeness (QED) is 0.551. The van der Waals surface area contributed by atoms with Crippen molar-refractivity contribution in [3.8, 4) is 0 Å². The van der Waals surface area contributed by atoms with E-state index in [1.165, 1.54) is 38.5 Å². The van der Waals surface area contributed by atoms with Crippen LogP contribution in [0.25, 0.3) is 0 Å². The van der Waals surface area contributed by atoms with E-state index in [1.807, 2.05) is 0 Å². The van der Waals surface area contributed by atoms with Crippen molar-refractivity contribution in [2.75, 3.05) is 0 Å². The summed E-state index contributed by atoms with van der Waals surface area (Å²) >= 11 is 0. The minimum atomic E-state index is 0.386. The van der Waals surface area contributed by atoms with E-state index in [-0.39, 0.29) is 0 Å². The Morgan fingerprint density at radius 2 is 1.22 bits per heavy atom. The molecule has 1 N–H and O–H groups in total. The van der Waals surface area contributed by atoms with Crippen LogP contribution < -0.4 is 5.32 Å². The Labute approximate surface area is 116 Å². The van der Waals surface area contributed by atoms with E-state index in [1.54, 1.807) is 0 Å². The predicted molar refractivity (Wildman–Crippen MR) is 84.1 cm³/mol. The molecule has 0 saturated carbocycles. The van der Waals surface area contributed by atoms with Crippen molar-refractivity contribution in [2.45, 2.75) is 98.6 Å². The molecule has 18 heavy (non-hydrogen) atoms. The standard InChI is InChI=1S/C17H37N/c1-8-11-17(18-16(6)7,12-9-14(2)3)13-10-15(4)5/h14-16,18H,8-13H2,1-7H3. The van der Waals surface area contributed by atoms with Crippen LogP contribution in [0.15, 0.2) is 0 Å². The van der Waals surface area contributed by atoms with Gasteiger partial charge in [-0.25, -0.2) is 0 Å². The third-order valence-corrected chi connectivity index (χ3v) is 3.72. The highest BCUT2D eigenvalue weighted by molar-refractivity contribution is 4.89. The topological polar surface area (TPSA) is 12.0 Å². The van der Waals surface area contributed by atoms with Crippen molar-refractivity contribution in [1.82, 2.24) is 5.32 Å². The fourth-order valence-electron chi connectivity index (χ4n) is 2.81. The Morgan fingerprint density at radius 1 is 0.778 bits per heavy atom. The zero-order valence-electron chi connectivity index (χ0n) is 14.0. The van der Waals surface area contributed by atoms with Crippen LogP contribution in [-0.4, -0.2) is 11.6 Å². The van der Waals surface area contributed by atoms with E-state index in [9.17, 15) is 0 Å². The largest absolute Gasteiger partial charge is 0.309 e. The fraction of sp³-hybridized carbons (Fsp3) is 1.00. The van der Waals surface area contributed by atoms with Crippen LogP contribution >= 0.6 is 0 Å². The molecule has 0 rings (SSSR count). The molecular weight excluding hydrogens is 218 g/mol. The molecule has 0 spiro atoms. The van der Waals surface area contributed by atoms with Crippen LogP contribution in [0.4, 0.5) is 0 Å². The molecule has 0 saturated heterocycles. The van der Waals surface area contributed by atoms with Crippen molar-refractivity contribution >= 4 is 0 Å². The first kappa shape index (κ1) is 18.0. The minimum Gasteiger partial charge on any atom is -0.309 e. The van der Waals surface area contributed by atoms with Crippen LogP contribution in [-0.2, 0) is 0 Å². The maximum Gasteiger partial charge on any atom is 0.0184 e. The Hall–Kier alpha value is -0.0400. The molecule has 0 heterocycles. The van der Waals surface area contributed by atoms with E-state index in [0.29, 0.717) is 11.6 Å². The average Bonchev–Trinajstić information content (AvgIpc) is 2.23. The molecule has 0 aromatic rings. The molecule has 0 aliphatic rings. The lowest BCUT2D eigenvalue weighted by Crippen LogP contribution is -2.49. The summed E-state index contributed by atoms with van der Waals surface area (Å²) in [6, 6.07) is 0.593. The van der Waals surface area contributed by atoms with Crippen molar-refractivity contribution in [3.05, 3.63) is 0 Å². The van der Waals surface area contributed by atoms with Crippen LogP contribution in [0.5, 0.6) is 0 Å². The maximum atomic E-state index is 3.90. The Balaban J connectivity index is 4.65. The second-order valence-electron chi connectivity index (χ2n) is 7.19. The molecule has 1 heteroatoms. The average molecular weight is 255 g/mol. The molecule has 0 aromatic carbocycles. The molecule has 0 fully saturated rings. The van der Waals surface area contributed by atoms with E-state index in [0.717, 1.165) is 11.8 Å². The summed E-state index contributed by atoms with van der Waals surface area (Å²) < 4.78 is 0. The highest BCUT2D eigenvalue weighted by Crippen LogP contribution is 2.29. The third-order valence-electron chi connectivity index (χ3n) is 3.72. The third kappa shape index (κ3) is 8.13. The normalized spacial score (nSPS) is 13.0. The molecule has 110 valence electrons. The molecule has 1 nitrogen and oxygen atoms in total. The second-order valence-corrected chi connectivity index (χ2v) is 7.19. The fourth-order valence-corrected chi connectivity index (χ4v) is 2.81. The Kier molecular flexibility index (Phi) is 8.94. The molecular formula is C17H37N. The lowest BCUT2D eigenvalue weighted by molar-refractivity contribution is 0.212. The predicted octanol–water partition coefficient (Wildman–Crippen LogP) is 5.40. The van der Waals surface area contributed by atoms with Gasteiger partial charge in [-0.3, -0.25) is 0 Å². The number of hydrogen-bond donors (Lipinski definition) is 1.